The number of rotatable bonds is 2. The fraction of sp³-hybridized carbons (Fsp3) is 0.500. The SMILES string of the molecule is CC(C)(C)C(N)C(=O)N1CCc2ccc(C(=O)O)cc2C1. The van der Waals surface area contributed by atoms with Crippen molar-refractivity contribution in [2.75, 3.05) is 6.54 Å². The van der Waals surface area contributed by atoms with Gasteiger partial charge in [-0.3, -0.25) is 4.79 Å². The number of hydrogen-bond donors (Lipinski definition) is 2. The largest absolute Gasteiger partial charge is 0.478 e. The summed E-state index contributed by atoms with van der Waals surface area (Å²) in [6.45, 7) is 6.88. The van der Waals surface area contributed by atoms with Gasteiger partial charge >= 0.3 is 5.97 Å². The maximum Gasteiger partial charge on any atom is 0.335 e. The zero-order valence-electron chi connectivity index (χ0n) is 12.7. The molecule has 0 bridgehead atoms. The molecule has 0 saturated carbocycles. The molecule has 1 heterocycles. The smallest absolute Gasteiger partial charge is 0.335 e. The Morgan fingerprint density at radius 3 is 2.52 bits per heavy atom. The minimum atomic E-state index is -0.951. The van der Waals surface area contributed by atoms with E-state index in [2.05, 4.69) is 0 Å². The van der Waals surface area contributed by atoms with Crippen molar-refractivity contribution in [1.29, 1.82) is 0 Å². The van der Waals surface area contributed by atoms with Crippen LogP contribution in [0.2, 0.25) is 0 Å². The van der Waals surface area contributed by atoms with E-state index < -0.39 is 12.0 Å². The lowest BCUT2D eigenvalue weighted by Crippen LogP contribution is -2.51. The van der Waals surface area contributed by atoms with Crippen molar-refractivity contribution in [3.05, 3.63) is 34.9 Å². The maximum absolute atomic E-state index is 12.5. The lowest BCUT2D eigenvalue weighted by Gasteiger charge is -2.35. The molecule has 1 aromatic carbocycles. The summed E-state index contributed by atoms with van der Waals surface area (Å²) in [7, 11) is 0. The molecule has 0 aliphatic carbocycles. The molecule has 3 N–H and O–H groups in total. The molecule has 1 aliphatic rings. The van der Waals surface area contributed by atoms with E-state index in [0.29, 0.717) is 13.1 Å². The first-order valence-electron chi connectivity index (χ1n) is 7.09. The van der Waals surface area contributed by atoms with Crippen LogP contribution >= 0.6 is 0 Å². The van der Waals surface area contributed by atoms with Gasteiger partial charge in [0, 0.05) is 13.1 Å². The summed E-state index contributed by atoms with van der Waals surface area (Å²) in [5, 5.41) is 9.06. The molecule has 1 unspecified atom stereocenters. The van der Waals surface area contributed by atoms with Crippen molar-refractivity contribution >= 4 is 11.9 Å². The normalized spacial score (nSPS) is 16.3. The van der Waals surface area contributed by atoms with Gasteiger partial charge in [0.2, 0.25) is 5.91 Å². The first kappa shape index (κ1) is 15.5. The molecule has 0 aromatic heterocycles. The number of carboxylic acids is 1. The van der Waals surface area contributed by atoms with Gasteiger partial charge in [0.05, 0.1) is 11.6 Å². The van der Waals surface area contributed by atoms with Gasteiger partial charge < -0.3 is 15.7 Å². The average molecular weight is 290 g/mol. The zero-order chi connectivity index (χ0) is 15.8. The Hall–Kier alpha value is -1.88. The highest BCUT2D eigenvalue weighted by molar-refractivity contribution is 5.88. The fourth-order valence-electron chi connectivity index (χ4n) is 2.45. The predicted molar refractivity (Wildman–Crippen MR) is 80.0 cm³/mol. The summed E-state index contributed by atoms with van der Waals surface area (Å²) in [6.07, 6.45) is 0.734. The van der Waals surface area contributed by atoms with E-state index in [9.17, 15) is 9.59 Å². The molecule has 0 fully saturated rings. The third kappa shape index (κ3) is 3.24. The third-order valence-corrected chi connectivity index (χ3v) is 3.98. The van der Waals surface area contributed by atoms with Crippen LogP contribution in [-0.2, 0) is 17.8 Å². The van der Waals surface area contributed by atoms with Crippen LogP contribution in [0.3, 0.4) is 0 Å². The zero-order valence-corrected chi connectivity index (χ0v) is 12.7. The number of aromatic carboxylic acids is 1. The molecule has 5 heteroatoms. The molecule has 1 aromatic rings. The molecule has 114 valence electrons. The number of benzene rings is 1. The van der Waals surface area contributed by atoms with Crippen LogP contribution in [0.1, 0.15) is 42.3 Å². The molecule has 5 nitrogen and oxygen atoms in total. The molecule has 1 amide bonds. The monoisotopic (exact) mass is 290 g/mol. The summed E-state index contributed by atoms with van der Waals surface area (Å²) in [4.78, 5) is 25.2. The number of nitrogens with zero attached hydrogens (tertiary/aromatic N) is 1. The highest BCUT2D eigenvalue weighted by Gasteiger charge is 2.32. The van der Waals surface area contributed by atoms with Gasteiger partial charge in [0.25, 0.3) is 0 Å². The molecule has 21 heavy (non-hydrogen) atoms. The van der Waals surface area contributed by atoms with Crippen molar-refractivity contribution in [2.24, 2.45) is 11.1 Å². The van der Waals surface area contributed by atoms with E-state index in [0.717, 1.165) is 17.5 Å². The first-order valence-corrected chi connectivity index (χ1v) is 7.09. The quantitative estimate of drug-likeness (QED) is 0.867. The van der Waals surface area contributed by atoms with Gasteiger partial charge in [-0.1, -0.05) is 26.8 Å². The van der Waals surface area contributed by atoms with Crippen LogP contribution in [0, 0.1) is 5.41 Å². The Labute approximate surface area is 124 Å². The number of hydrogen-bond acceptors (Lipinski definition) is 3. The summed E-state index contributed by atoms with van der Waals surface area (Å²) in [5.74, 6) is -1.03. The van der Waals surface area contributed by atoms with Crippen LogP contribution in [0.5, 0.6) is 0 Å². The fourth-order valence-corrected chi connectivity index (χ4v) is 2.45. The molecule has 1 atom stereocenters. The molecule has 1 aliphatic heterocycles. The Morgan fingerprint density at radius 2 is 1.95 bits per heavy atom. The van der Waals surface area contributed by atoms with Crippen molar-refractivity contribution in [1.82, 2.24) is 4.90 Å². The summed E-state index contributed by atoms with van der Waals surface area (Å²) in [5.41, 5.74) is 8.00. The number of nitrogens with two attached hydrogens (primary N) is 1. The highest BCUT2D eigenvalue weighted by Crippen LogP contribution is 2.24. The Kier molecular flexibility index (Phi) is 4.05. The first-order chi connectivity index (χ1) is 9.70. The molecular formula is C16H22N2O3. The molecule has 2 rings (SSSR count). The highest BCUT2D eigenvalue weighted by atomic mass is 16.4. The number of fused-ring (bicyclic) bond motifs is 1. The topological polar surface area (TPSA) is 83.6 Å². The average Bonchev–Trinajstić information content (AvgIpc) is 2.43. The van der Waals surface area contributed by atoms with Crippen molar-refractivity contribution < 1.29 is 14.7 Å². The van der Waals surface area contributed by atoms with E-state index >= 15 is 0 Å². The summed E-state index contributed by atoms with van der Waals surface area (Å²) >= 11 is 0. The Morgan fingerprint density at radius 1 is 1.29 bits per heavy atom. The van der Waals surface area contributed by atoms with Crippen LogP contribution in [0.4, 0.5) is 0 Å². The van der Waals surface area contributed by atoms with Crippen LogP contribution in [0.15, 0.2) is 18.2 Å². The molecule has 0 radical (unpaired) electrons. The number of carbonyl (C=O) groups is 2. The number of amides is 1. The molecular weight excluding hydrogens is 268 g/mol. The van der Waals surface area contributed by atoms with Gasteiger partial charge in [-0.2, -0.15) is 0 Å². The van der Waals surface area contributed by atoms with Crippen LogP contribution in [-0.4, -0.2) is 34.5 Å². The van der Waals surface area contributed by atoms with Gasteiger partial charge in [0.15, 0.2) is 0 Å². The van der Waals surface area contributed by atoms with Crippen LogP contribution < -0.4 is 5.73 Å². The van der Waals surface area contributed by atoms with Gasteiger partial charge in [-0.05, 0) is 35.1 Å². The van der Waals surface area contributed by atoms with Crippen molar-refractivity contribution in [2.45, 2.75) is 39.8 Å². The minimum Gasteiger partial charge on any atom is -0.478 e. The van der Waals surface area contributed by atoms with E-state index in [1.165, 1.54) is 0 Å². The standard InChI is InChI=1S/C16H22N2O3/c1-16(2,3)13(17)14(19)18-7-6-10-4-5-11(15(20)21)8-12(10)9-18/h4-5,8,13H,6-7,9,17H2,1-3H3,(H,20,21). The second-order valence-corrected chi connectivity index (χ2v) is 6.64. The van der Waals surface area contributed by atoms with E-state index in [1.807, 2.05) is 26.8 Å². The minimum absolute atomic E-state index is 0.0751. The molecule has 0 saturated heterocycles. The molecule has 0 spiro atoms. The lowest BCUT2D eigenvalue weighted by molar-refractivity contribution is -0.135. The van der Waals surface area contributed by atoms with Crippen molar-refractivity contribution in [3.63, 3.8) is 0 Å². The van der Waals surface area contributed by atoms with Crippen molar-refractivity contribution in [3.8, 4) is 0 Å². The van der Waals surface area contributed by atoms with Gasteiger partial charge in [-0.25, -0.2) is 4.79 Å². The Balaban J connectivity index is 2.20. The third-order valence-electron chi connectivity index (χ3n) is 3.98. The summed E-state index contributed by atoms with van der Waals surface area (Å²) in [6, 6.07) is 4.55. The maximum atomic E-state index is 12.5. The van der Waals surface area contributed by atoms with Gasteiger partial charge in [0.1, 0.15) is 0 Å². The number of carbonyl (C=O) groups excluding carboxylic acids is 1. The van der Waals surface area contributed by atoms with E-state index in [4.69, 9.17) is 10.8 Å². The second kappa shape index (κ2) is 5.48. The Bertz CT molecular complexity index is 575. The van der Waals surface area contributed by atoms with E-state index in [1.54, 1.807) is 17.0 Å². The predicted octanol–water partition coefficient (Wildman–Crippen LogP) is 1.64. The summed E-state index contributed by atoms with van der Waals surface area (Å²) < 4.78 is 0. The van der Waals surface area contributed by atoms with Crippen LogP contribution in [0.25, 0.3) is 0 Å². The van der Waals surface area contributed by atoms with E-state index in [-0.39, 0.29) is 16.9 Å². The second-order valence-electron chi connectivity index (χ2n) is 6.64. The number of carboxylic acid groups (broad SMARTS) is 1. The van der Waals surface area contributed by atoms with Gasteiger partial charge in [-0.15, -0.1) is 0 Å². The lowest BCUT2D eigenvalue weighted by atomic mass is 9.86.